The van der Waals surface area contributed by atoms with Crippen molar-refractivity contribution >= 4 is 11.8 Å². The summed E-state index contributed by atoms with van der Waals surface area (Å²) in [6, 6.07) is 9.67. The molecule has 0 heterocycles. The summed E-state index contributed by atoms with van der Waals surface area (Å²) in [5, 5.41) is 19.0. The first-order chi connectivity index (χ1) is 7.24. The van der Waals surface area contributed by atoms with Crippen molar-refractivity contribution in [2.45, 2.75) is 24.7 Å². The second-order valence-corrected chi connectivity index (χ2v) is 5.05. The molecule has 1 aromatic carbocycles. The molecule has 2 atom stereocenters. The fourth-order valence-corrected chi connectivity index (χ4v) is 2.27. The van der Waals surface area contributed by atoms with E-state index in [2.05, 4.69) is 6.92 Å². The van der Waals surface area contributed by atoms with Gasteiger partial charge in [0.1, 0.15) is 0 Å². The van der Waals surface area contributed by atoms with Crippen molar-refractivity contribution in [2.24, 2.45) is 0 Å². The van der Waals surface area contributed by atoms with Crippen molar-refractivity contribution in [1.29, 1.82) is 0 Å². The molecule has 2 N–H and O–H groups in total. The highest BCUT2D eigenvalue weighted by atomic mass is 32.2. The molecule has 0 fully saturated rings. The highest BCUT2D eigenvalue weighted by Crippen LogP contribution is 2.22. The Morgan fingerprint density at radius 3 is 2.53 bits per heavy atom. The molecule has 15 heavy (non-hydrogen) atoms. The maximum atomic E-state index is 9.85. The molecule has 0 saturated carbocycles. The number of rotatable bonds is 6. The SMILES string of the molecule is CC(CCO)SCC(O)c1ccccc1. The third kappa shape index (κ3) is 4.69. The predicted octanol–water partition coefficient (Wildman–Crippen LogP) is 2.22. The van der Waals surface area contributed by atoms with Crippen LogP contribution in [0.2, 0.25) is 0 Å². The van der Waals surface area contributed by atoms with Crippen molar-refractivity contribution in [2.75, 3.05) is 12.4 Å². The van der Waals surface area contributed by atoms with Gasteiger partial charge in [0.2, 0.25) is 0 Å². The van der Waals surface area contributed by atoms with E-state index in [9.17, 15) is 5.11 Å². The first kappa shape index (κ1) is 12.6. The van der Waals surface area contributed by atoms with Gasteiger partial charge >= 0.3 is 0 Å². The molecule has 1 rings (SSSR count). The van der Waals surface area contributed by atoms with E-state index in [4.69, 9.17) is 5.11 Å². The van der Waals surface area contributed by atoms with Crippen LogP contribution in [0.4, 0.5) is 0 Å². The molecule has 0 saturated heterocycles. The van der Waals surface area contributed by atoms with E-state index >= 15 is 0 Å². The van der Waals surface area contributed by atoms with E-state index in [0.717, 1.165) is 12.0 Å². The molecule has 0 aliphatic heterocycles. The Balaban J connectivity index is 2.33. The van der Waals surface area contributed by atoms with Crippen LogP contribution in [0.5, 0.6) is 0 Å². The number of hydrogen-bond donors (Lipinski definition) is 2. The van der Waals surface area contributed by atoms with Crippen LogP contribution in [0.3, 0.4) is 0 Å². The van der Waals surface area contributed by atoms with Gasteiger partial charge in [-0.25, -0.2) is 0 Å². The average Bonchev–Trinajstić information content (AvgIpc) is 2.27. The van der Waals surface area contributed by atoms with Gasteiger partial charge < -0.3 is 10.2 Å². The van der Waals surface area contributed by atoms with Crippen molar-refractivity contribution in [3.63, 3.8) is 0 Å². The monoisotopic (exact) mass is 226 g/mol. The number of benzene rings is 1. The van der Waals surface area contributed by atoms with Crippen molar-refractivity contribution in [3.05, 3.63) is 35.9 Å². The van der Waals surface area contributed by atoms with Crippen molar-refractivity contribution < 1.29 is 10.2 Å². The highest BCUT2D eigenvalue weighted by Gasteiger charge is 2.09. The number of thioether (sulfide) groups is 1. The van der Waals surface area contributed by atoms with Crippen molar-refractivity contribution in [3.8, 4) is 0 Å². The third-order valence-corrected chi connectivity index (χ3v) is 3.57. The minimum Gasteiger partial charge on any atom is -0.396 e. The first-order valence-electron chi connectivity index (χ1n) is 5.19. The van der Waals surface area contributed by atoms with E-state index < -0.39 is 6.10 Å². The Morgan fingerprint density at radius 1 is 1.27 bits per heavy atom. The molecule has 0 aromatic heterocycles. The minimum atomic E-state index is -0.405. The molecule has 0 radical (unpaired) electrons. The Bertz CT molecular complexity index is 264. The largest absolute Gasteiger partial charge is 0.396 e. The minimum absolute atomic E-state index is 0.218. The smallest absolute Gasteiger partial charge is 0.0880 e. The Labute approximate surface area is 95.3 Å². The first-order valence-corrected chi connectivity index (χ1v) is 6.24. The molecular formula is C12H18O2S. The van der Waals surface area contributed by atoms with Crippen LogP contribution in [-0.4, -0.2) is 27.8 Å². The van der Waals surface area contributed by atoms with Crippen LogP contribution < -0.4 is 0 Å². The Hall–Kier alpha value is -0.510. The third-order valence-electron chi connectivity index (χ3n) is 2.26. The maximum Gasteiger partial charge on any atom is 0.0880 e. The van der Waals surface area contributed by atoms with E-state index in [1.165, 1.54) is 0 Å². The van der Waals surface area contributed by atoms with Crippen LogP contribution in [-0.2, 0) is 0 Å². The van der Waals surface area contributed by atoms with Crippen LogP contribution >= 0.6 is 11.8 Å². The van der Waals surface area contributed by atoms with E-state index in [1.807, 2.05) is 30.3 Å². The van der Waals surface area contributed by atoms with E-state index in [-0.39, 0.29) is 6.61 Å². The zero-order valence-corrected chi connectivity index (χ0v) is 9.78. The average molecular weight is 226 g/mol. The summed E-state index contributed by atoms with van der Waals surface area (Å²) in [6.07, 6.45) is 0.379. The van der Waals surface area contributed by atoms with Crippen LogP contribution in [0.15, 0.2) is 30.3 Å². The molecule has 0 aliphatic carbocycles. The molecule has 1 aromatic rings. The summed E-state index contributed by atoms with van der Waals surface area (Å²) >= 11 is 1.69. The normalized spacial score (nSPS) is 14.9. The molecular weight excluding hydrogens is 208 g/mol. The van der Waals surface area contributed by atoms with Crippen LogP contribution in [0.25, 0.3) is 0 Å². The van der Waals surface area contributed by atoms with Gasteiger partial charge in [0.15, 0.2) is 0 Å². The lowest BCUT2D eigenvalue weighted by Gasteiger charge is -2.14. The van der Waals surface area contributed by atoms with Gasteiger partial charge in [0.25, 0.3) is 0 Å². The van der Waals surface area contributed by atoms with Gasteiger partial charge in [-0.3, -0.25) is 0 Å². The Morgan fingerprint density at radius 2 is 1.93 bits per heavy atom. The quantitative estimate of drug-likeness (QED) is 0.781. The van der Waals surface area contributed by atoms with Gasteiger partial charge in [0, 0.05) is 17.6 Å². The Kier molecular flexibility index (Phi) is 5.76. The van der Waals surface area contributed by atoms with Crippen LogP contribution in [0, 0.1) is 0 Å². The second-order valence-electron chi connectivity index (χ2n) is 3.58. The molecule has 0 aliphatic rings. The lowest BCUT2D eigenvalue weighted by atomic mass is 10.1. The summed E-state index contributed by atoms with van der Waals surface area (Å²) in [5.41, 5.74) is 0.959. The maximum absolute atomic E-state index is 9.85. The number of hydrogen-bond acceptors (Lipinski definition) is 3. The zero-order valence-electron chi connectivity index (χ0n) is 8.97. The van der Waals surface area contributed by atoms with Crippen LogP contribution in [0.1, 0.15) is 25.0 Å². The number of aliphatic hydroxyl groups excluding tert-OH is 2. The zero-order chi connectivity index (χ0) is 11.1. The van der Waals surface area contributed by atoms with Gasteiger partial charge in [-0.2, -0.15) is 11.8 Å². The van der Waals surface area contributed by atoms with Gasteiger partial charge in [-0.15, -0.1) is 0 Å². The lowest BCUT2D eigenvalue weighted by Crippen LogP contribution is -2.06. The van der Waals surface area contributed by atoms with Gasteiger partial charge in [-0.1, -0.05) is 37.3 Å². The molecule has 84 valence electrons. The predicted molar refractivity (Wildman–Crippen MR) is 65.0 cm³/mol. The van der Waals surface area contributed by atoms with E-state index in [0.29, 0.717) is 11.0 Å². The standard InChI is InChI=1S/C12H18O2S/c1-10(7-8-13)15-9-12(14)11-5-3-2-4-6-11/h2-6,10,12-14H,7-9H2,1H3. The fraction of sp³-hybridized carbons (Fsp3) is 0.500. The van der Waals surface area contributed by atoms with Gasteiger partial charge in [-0.05, 0) is 12.0 Å². The summed E-state index contributed by atoms with van der Waals surface area (Å²) in [6.45, 7) is 2.29. The topological polar surface area (TPSA) is 40.5 Å². The summed E-state index contributed by atoms with van der Waals surface area (Å²) in [5.74, 6) is 0.686. The molecule has 2 nitrogen and oxygen atoms in total. The molecule has 0 amide bonds. The molecule has 2 unspecified atom stereocenters. The summed E-state index contributed by atoms with van der Waals surface area (Å²) in [7, 11) is 0. The van der Waals surface area contributed by atoms with Crippen molar-refractivity contribution in [1.82, 2.24) is 0 Å². The lowest BCUT2D eigenvalue weighted by molar-refractivity contribution is 0.204. The van der Waals surface area contributed by atoms with Gasteiger partial charge in [0.05, 0.1) is 6.10 Å². The fourth-order valence-electron chi connectivity index (χ4n) is 1.29. The number of aliphatic hydroxyl groups is 2. The summed E-state index contributed by atoms with van der Waals surface area (Å²) < 4.78 is 0. The molecule has 0 bridgehead atoms. The van der Waals surface area contributed by atoms with E-state index in [1.54, 1.807) is 11.8 Å². The highest BCUT2D eigenvalue weighted by molar-refractivity contribution is 7.99. The summed E-state index contributed by atoms with van der Waals surface area (Å²) in [4.78, 5) is 0. The molecule has 3 heteroatoms. The second kappa shape index (κ2) is 6.88. The molecule has 0 spiro atoms.